The number of para-hydroxylation sites is 1. The summed E-state index contributed by atoms with van der Waals surface area (Å²) in [5.74, 6) is 0.823. The van der Waals surface area contributed by atoms with E-state index in [-0.39, 0.29) is 0 Å². The van der Waals surface area contributed by atoms with Crippen LogP contribution < -0.4 is 0 Å². The number of hydrogen-bond acceptors (Lipinski definition) is 2. The average molecular weight is 730 g/mol. The van der Waals surface area contributed by atoms with Crippen molar-refractivity contribution in [3.63, 3.8) is 0 Å². The highest BCUT2D eigenvalue weighted by molar-refractivity contribution is 6.26. The van der Waals surface area contributed by atoms with E-state index in [0.29, 0.717) is 0 Å². The Morgan fingerprint density at radius 2 is 1.09 bits per heavy atom. The zero-order valence-electron chi connectivity index (χ0n) is 32.4. The molecule has 0 radical (unpaired) electrons. The molecule has 0 amide bonds. The van der Waals surface area contributed by atoms with Crippen LogP contribution in [0.15, 0.2) is 164 Å². The van der Waals surface area contributed by atoms with Crippen LogP contribution in [0.3, 0.4) is 0 Å². The van der Waals surface area contributed by atoms with Crippen LogP contribution in [0, 0.1) is 27.7 Å². The summed E-state index contributed by atoms with van der Waals surface area (Å²) < 4.78 is 2.42. The minimum atomic E-state index is 0.823. The molecule has 0 unspecified atom stereocenters. The zero-order chi connectivity index (χ0) is 38.4. The third kappa shape index (κ3) is 5.05. The van der Waals surface area contributed by atoms with Crippen LogP contribution in [-0.4, -0.2) is 14.5 Å². The molecule has 0 aliphatic carbocycles. The van der Waals surface area contributed by atoms with E-state index in [1.54, 1.807) is 0 Å². The number of benzene rings is 9. The van der Waals surface area contributed by atoms with Gasteiger partial charge < -0.3 is 0 Å². The van der Waals surface area contributed by atoms with Gasteiger partial charge in [0, 0.05) is 21.7 Å². The number of nitrogens with zero attached hydrogens (tertiary/aromatic N) is 3. The molecule has 3 heteroatoms. The minimum absolute atomic E-state index is 0.823. The number of hydrogen-bond donors (Lipinski definition) is 0. The van der Waals surface area contributed by atoms with Crippen molar-refractivity contribution < 1.29 is 0 Å². The monoisotopic (exact) mass is 729 g/mol. The first-order valence-electron chi connectivity index (χ1n) is 19.8. The summed E-state index contributed by atoms with van der Waals surface area (Å²) in [5, 5.41) is 9.64. The SMILES string of the molecule is Cc1ccccc1-c1cc(-c2nc3ccc4ccccc4c3nc2-n2c3ccccc3c3c4ccccc4c(-c4cc5ccccc5cc4C)c(C)c32)ccc1C. The summed E-state index contributed by atoms with van der Waals surface area (Å²) >= 11 is 0. The standard InChI is InChI=1S/C54H39N3/c1-32-15-5-9-19-40(32)45-31-39(26-25-33(45)2)51-54(56-52-41-20-10-8-16-36(41)27-28-47(52)55-51)57-48-24-14-13-23-44(48)50-43-22-12-11-21-42(43)49(35(4)53(50)57)46-30-38-18-7-6-17-37(38)29-34(46)3/h5-31H,1-4H3. The fourth-order valence-electron chi connectivity index (χ4n) is 9.36. The molecule has 0 fully saturated rings. The van der Waals surface area contributed by atoms with E-state index in [1.165, 1.54) is 76.8 Å². The van der Waals surface area contributed by atoms with Gasteiger partial charge in [0.25, 0.3) is 0 Å². The summed E-state index contributed by atoms with van der Waals surface area (Å²) in [6, 6.07) is 59.4. The predicted octanol–water partition coefficient (Wildman–Crippen LogP) is 14.4. The lowest BCUT2D eigenvalue weighted by Gasteiger charge is -2.20. The molecule has 9 aromatic carbocycles. The van der Waals surface area contributed by atoms with Crippen LogP contribution in [0.25, 0.3) is 104 Å². The molecule has 0 saturated carbocycles. The van der Waals surface area contributed by atoms with Crippen LogP contribution in [0.5, 0.6) is 0 Å². The lowest BCUT2D eigenvalue weighted by molar-refractivity contribution is 1.08. The highest BCUT2D eigenvalue weighted by Crippen LogP contribution is 2.46. The van der Waals surface area contributed by atoms with Gasteiger partial charge in [0.2, 0.25) is 0 Å². The second-order valence-corrected chi connectivity index (χ2v) is 15.5. The lowest BCUT2D eigenvalue weighted by atomic mass is 9.87. The molecule has 57 heavy (non-hydrogen) atoms. The quantitative estimate of drug-likeness (QED) is 0.169. The van der Waals surface area contributed by atoms with Gasteiger partial charge in [0.1, 0.15) is 5.69 Å². The van der Waals surface area contributed by atoms with Crippen molar-refractivity contribution in [2.24, 2.45) is 0 Å². The highest BCUT2D eigenvalue weighted by atomic mass is 15.1. The third-order valence-electron chi connectivity index (χ3n) is 12.1. The molecule has 0 bridgehead atoms. The van der Waals surface area contributed by atoms with Gasteiger partial charge in [-0.15, -0.1) is 0 Å². The Bertz CT molecular complexity index is 3460. The molecule has 2 heterocycles. The molecule has 11 rings (SSSR count). The average Bonchev–Trinajstić information content (AvgIpc) is 3.59. The number of aromatic nitrogens is 3. The molecule has 0 aliphatic rings. The topological polar surface area (TPSA) is 30.7 Å². The fraction of sp³-hybridized carbons (Fsp3) is 0.0741. The molecule has 0 atom stereocenters. The normalized spacial score (nSPS) is 11.9. The van der Waals surface area contributed by atoms with Crippen molar-refractivity contribution in [1.82, 2.24) is 14.5 Å². The Balaban J connectivity index is 1.32. The third-order valence-corrected chi connectivity index (χ3v) is 12.1. The van der Waals surface area contributed by atoms with E-state index in [1.807, 2.05) is 0 Å². The van der Waals surface area contributed by atoms with Crippen LogP contribution in [0.4, 0.5) is 0 Å². The summed E-state index contributed by atoms with van der Waals surface area (Å²) in [6.07, 6.45) is 0. The molecule has 0 aliphatic heterocycles. The summed E-state index contributed by atoms with van der Waals surface area (Å²) in [4.78, 5) is 11.3. The van der Waals surface area contributed by atoms with Gasteiger partial charge >= 0.3 is 0 Å². The summed E-state index contributed by atoms with van der Waals surface area (Å²) in [6.45, 7) is 8.94. The van der Waals surface area contributed by atoms with E-state index >= 15 is 0 Å². The van der Waals surface area contributed by atoms with Gasteiger partial charge in [0.05, 0.1) is 22.1 Å². The van der Waals surface area contributed by atoms with Crippen LogP contribution >= 0.6 is 0 Å². The molecule has 3 nitrogen and oxygen atoms in total. The number of aryl methyl sites for hydroxylation is 4. The van der Waals surface area contributed by atoms with E-state index in [9.17, 15) is 0 Å². The second kappa shape index (κ2) is 12.7. The lowest BCUT2D eigenvalue weighted by Crippen LogP contribution is -2.05. The smallest absolute Gasteiger partial charge is 0.165 e. The maximum atomic E-state index is 5.75. The minimum Gasteiger partial charge on any atom is -0.292 e. The molecule has 2 aromatic heterocycles. The molecular formula is C54H39N3. The maximum Gasteiger partial charge on any atom is 0.165 e. The first-order chi connectivity index (χ1) is 27.9. The summed E-state index contributed by atoms with van der Waals surface area (Å²) in [7, 11) is 0. The van der Waals surface area contributed by atoms with Crippen LogP contribution in [-0.2, 0) is 0 Å². The van der Waals surface area contributed by atoms with Crippen LogP contribution in [0.1, 0.15) is 22.3 Å². The molecule has 270 valence electrons. The molecule has 11 aromatic rings. The van der Waals surface area contributed by atoms with E-state index in [2.05, 4.69) is 196 Å². The second-order valence-electron chi connectivity index (χ2n) is 15.5. The molecule has 0 saturated heterocycles. The van der Waals surface area contributed by atoms with Gasteiger partial charge in [0.15, 0.2) is 5.82 Å². The van der Waals surface area contributed by atoms with Crippen molar-refractivity contribution in [1.29, 1.82) is 0 Å². The van der Waals surface area contributed by atoms with Gasteiger partial charge in [-0.3, -0.25) is 4.57 Å². The molecular weight excluding hydrogens is 691 g/mol. The molecule has 0 spiro atoms. The van der Waals surface area contributed by atoms with Gasteiger partial charge in [-0.25, -0.2) is 9.97 Å². The van der Waals surface area contributed by atoms with Crippen molar-refractivity contribution in [2.75, 3.05) is 0 Å². The van der Waals surface area contributed by atoms with Crippen molar-refractivity contribution >= 4 is 65.2 Å². The first kappa shape index (κ1) is 33.3. The van der Waals surface area contributed by atoms with Crippen molar-refractivity contribution in [3.05, 3.63) is 186 Å². The fourth-order valence-corrected chi connectivity index (χ4v) is 9.36. The van der Waals surface area contributed by atoms with E-state index < -0.39 is 0 Å². The Morgan fingerprint density at radius 3 is 1.89 bits per heavy atom. The largest absolute Gasteiger partial charge is 0.292 e. The Labute approximate surface area is 331 Å². The molecule has 0 N–H and O–H groups in total. The van der Waals surface area contributed by atoms with Gasteiger partial charge in [-0.1, -0.05) is 140 Å². The number of rotatable bonds is 4. The van der Waals surface area contributed by atoms with Gasteiger partial charge in [-0.05, 0) is 123 Å². The maximum absolute atomic E-state index is 5.75. The Hall–Kier alpha value is -7.10. The first-order valence-corrected chi connectivity index (χ1v) is 19.8. The zero-order valence-corrected chi connectivity index (χ0v) is 32.4. The highest BCUT2D eigenvalue weighted by Gasteiger charge is 2.25. The predicted molar refractivity (Wildman–Crippen MR) is 242 cm³/mol. The number of fused-ring (bicyclic) bond motifs is 9. The van der Waals surface area contributed by atoms with Crippen molar-refractivity contribution in [3.8, 4) is 39.3 Å². The summed E-state index contributed by atoms with van der Waals surface area (Å²) in [5.41, 5.74) is 15.8. The van der Waals surface area contributed by atoms with E-state index in [0.717, 1.165) is 49.9 Å². The van der Waals surface area contributed by atoms with Gasteiger partial charge in [-0.2, -0.15) is 0 Å². The Morgan fingerprint density at radius 1 is 0.439 bits per heavy atom. The van der Waals surface area contributed by atoms with Crippen LogP contribution in [0.2, 0.25) is 0 Å². The van der Waals surface area contributed by atoms with Crippen molar-refractivity contribution in [2.45, 2.75) is 27.7 Å². The Kier molecular flexibility index (Phi) is 7.42. The van der Waals surface area contributed by atoms with E-state index in [4.69, 9.17) is 9.97 Å².